The van der Waals surface area contributed by atoms with E-state index in [0.717, 1.165) is 27.8 Å². The number of rotatable bonds is 1. The lowest BCUT2D eigenvalue weighted by Crippen LogP contribution is -1.95. The third-order valence-corrected chi connectivity index (χ3v) is 4.60. The van der Waals surface area contributed by atoms with Crippen LogP contribution in [0.3, 0.4) is 0 Å². The third-order valence-electron chi connectivity index (χ3n) is 4.10. The smallest absolute Gasteiger partial charge is 0.0720 e. The van der Waals surface area contributed by atoms with Gasteiger partial charge in [-0.15, -0.1) is 0 Å². The van der Waals surface area contributed by atoms with Gasteiger partial charge in [-0.05, 0) is 60.4 Å². The minimum atomic E-state index is 0.914. The maximum absolute atomic E-state index is 4.90. The molecule has 108 valence electrons. The van der Waals surface area contributed by atoms with Crippen LogP contribution in [0.25, 0.3) is 22.6 Å². The van der Waals surface area contributed by atoms with Crippen LogP contribution in [-0.2, 0) is 6.42 Å². The summed E-state index contributed by atoms with van der Waals surface area (Å²) >= 11 is 3.53. The molecule has 22 heavy (non-hydrogen) atoms. The summed E-state index contributed by atoms with van der Waals surface area (Å²) in [6.07, 6.45) is 5.02. The number of aromatic nitrogens is 2. The topological polar surface area (TPSA) is 25.8 Å². The summed E-state index contributed by atoms with van der Waals surface area (Å²) in [4.78, 5) is 9.43. The van der Waals surface area contributed by atoms with Gasteiger partial charge < -0.3 is 0 Å². The molecule has 1 aromatic carbocycles. The molecular formula is C19H15BrN2. The van der Waals surface area contributed by atoms with Gasteiger partial charge in [0.15, 0.2) is 0 Å². The van der Waals surface area contributed by atoms with Crippen LogP contribution in [0.1, 0.15) is 28.1 Å². The van der Waals surface area contributed by atoms with Crippen molar-refractivity contribution in [3.63, 3.8) is 0 Å². The predicted molar refractivity (Wildman–Crippen MR) is 94.7 cm³/mol. The first-order valence-electron chi connectivity index (χ1n) is 7.33. The average Bonchev–Trinajstić information content (AvgIpc) is 2.89. The summed E-state index contributed by atoms with van der Waals surface area (Å²) in [6, 6.07) is 10.7. The Balaban J connectivity index is 1.84. The molecule has 3 heteroatoms. The summed E-state index contributed by atoms with van der Waals surface area (Å²) < 4.78 is 1.06. The molecule has 0 spiro atoms. The van der Waals surface area contributed by atoms with E-state index in [9.17, 15) is 0 Å². The molecular weight excluding hydrogens is 336 g/mol. The summed E-state index contributed by atoms with van der Waals surface area (Å²) in [5, 5.41) is 1.18. The molecule has 2 nitrogen and oxygen atoms in total. The second-order valence-corrected chi connectivity index (χ2v) is 6.81. The zero-order valence-electron chi connectivity index (χ0n) is 12.5. The van der Waals surface area contributed by atoms with Crippen molar-refractivity contribution >= 4 is 38.5 Å². The van der Waals surface area contributed by atoms with Crippen LogP contribution in [-0.4, -0.2) is 9.97 Å². The third kappa shape index (κ3) is 2.26. The lowest BCUT2D eigenvalue weighted by Gasteiger charge is -2.08. The van der Waals surface area contributed by atoms with Gasteiger partial charge in [0, 0.05) is 22.5 Å². The van der Waals surface area contributed by atoms with E-state index in [2.05, 4.69) is 71.2 Å². The number of hydrogen-bond acceptors (Lipinski definition) is 2. The number of nitrogens with zero attached hydrogens (tertiary/aromatic N) is 2. The van der Waals surface area contributed by atoms with Crippen molar-refractivity contribution in [2.24, 2.45) is 0 Å². The summed E-state index contributed by atoms with van der Waals surface area (Å²) in [5.41, 5.74) is 8.16. The van der Waals surface area contributed by atoms with E-state index < -0.39 is 0 Å². The standard InChI is InChI=1S/C19H15BrN2/c1-11-5-14-7-15(8-17(14)21-10-11)19-12(2)6-13-3-4-16(20)9-18(13)22-19/h3-6,8-10H,7H2,1-2H3. The number of pyridine rings is 2. The zero-order chi connectivity index (χ0) is 15.3. The van der Waals surface area contributed by atoms with E-state index in [0.29, 0.717) is 0 Å². The highest BCUT2D eigenvalue weighted by atomic mass is 79.9. The Morgan fingerprint density at radius 3 is 2.82 bits per heavy atom. The Morgan fingerprint density at radius 1 is 1.09 bits per heavy atom. The van der Waals surface area contributed by atoms with Crippen molar-refractivity contribution in [2.45, 2.75) is 20.3 Å². The molecule has 1 aliphatic rings. The average molecular weight is 351 g/mol. The van der Waals surface area contributed by atoms with Crippen LogP contribution >= 0.6 is 15.9 Å². The van der Waals surface area contributed by atoms with Crippen molar-refractivity contribution in [1.29, 1.82) is 0 Å². The fraction of sp³-hybridized carbons (Fsp3) is 0.158. The highest BCUT2D eigenvalue weighted by Gasteiger charge is 2.18. The molecule has 1 aliphatic carbocycles. The normalized spacial score (nSPS) is 13.3. The number of hydrogen-bond donors (Lipinski definition) is 0. The quantitative estimate of drug-likeness (QED) is 0.609. The van der Waals surface area contributed by atoms with Crippen LogP contribution < -0.4 is 0 Å². The fourth-order valence-electron chi connectivity index (χ4n) is 3.06. The van der Waals surface area contributed by atoms with E-state index in [-0.39, 0.29) is 0 Å². The number of benzene rings is 1. The molecule has 0 atom stereocenters. The van der Waals surface area contributed by atoms with Crippen LogP contribution in [0.15, 0.2) is 41.0 Å². The van der Waals surface area contributed by atoms with Crippen molar-refractivity contribution < 1.29 is 0 Å². The van der Waals surface area contributed by atoms with E-state index in [1.54, 1.807) is 0 Å². The van der Waals surface area contributed by atoms with Gasteiger partial charge in [-0.25, -0.2) is 4.98 Å². The van der Waals surface area contributed by atoms with Crippen molar-refractivity contribution in [3.8, 4) is 0 Å². The van der Waals surface area contributed by atoms with Gasteiger partial charge in [0.1, 0.15) is 0 Å². The molecule has 0 amide bonds. The SMILES string of the molecule is Cc1cnc2c(c1)CC(c1nc3cc(Br)ccc3cc1C)=C2. The van der Waals surface area contributed by atoms with Crippen LogP contribution in [0.5, 0.6) is 0 Å². The van der Waals surface area contributed by atoms with E-state index >= 15 is 0 Å². The second-order valence-electron chi connectivity index (χ2n) is 5.89. The van der Waals surface area contributed by atoms with Crippen molar-refractivity contribution in [1.82, 2.24) is 9.97 Å². The molecule has 2 aromatic heterocycles. The first kappa shape index (κ1) is 13.6. The van der Waals surface area contributed by atoms with Crippen molar-refractivity contribution in [3.05, 3.63) is 69.1 Å². The molecule has 0 radical (unpaired) electrons. The van der Waals surface area contributed by atoms with Gasteiger partial charge in [-0.3, -0.25) is 4.98 Å². The molecule has 0 saturated carbocycles. The molecule has 3 aromatic rings. The van der Waals surface area contributed by atoms with Gasteiger partial charge in [-0.2, -0.15) is 0 Å². The number of halogens is 1. The fourth-order valence-corrected chi connectivity index (χ4v) is 3.41. The van der Waals surface area contributed by atoms with Gasteiger partial charge >= 0.3 is 0 Å². The van der Waals surface area contributed by atoms with E-state index in [1.807, 2.05) is 6.20 Å². The molecule has 0 fully saturated rings. The minimum absolute atomic E-state index is 0.914. The largest absolute Gasteiger partial charge is 0.256 e. The molecule has 0 bridgehead atoms. The van der Waals surface area contributed by atoms with Crippen LogP contribution in [0.2, 0.25) is 0 Å². The predicted octanol–water partition coefficient (Wildman–Crippen LogP) is 5.11. The molecule has 0 unspecified atom stereocenters. The first-order valence-corrected chi connectivity index (χ1v) is 8.13. The van der Waals surface area contributed by atoms with Gasteiger partial charge in [-0.1, -0.05) is 28.1 Å². The molecule has 0 N–H and O–H groups in total. The summed E-state index contributed by atoms with van der Waals surface area (Å²) in [6.45, 7) is 4.22. The highest BCUT2D eigenvalue weighted by molar-refractivity contribution is 9.10. The Kier molecular flexibility index (Phi) is 3.12. The second kappa shape index (κ2) is 5.03. The van der Waals surface area contributed by atoms with Gasteiger partial charge in [0.2, 0.25) is 0 Å². The molecule has 2 heterocycles. The number of fused-ring (bicyclic) bond motifs is 2. The van der Waals surface area contributed by atoms with Gasteiger partial charge in [0.25, 0.3) is 0 Å². The van der Waals surface area contributed by atoms with Crippen LogP contribution in [0.4, 0.5) is 0 Å². The molecule has 4 rings (SSSR count). The first-order chi connectivity index (χ1) is 10.6. The van der Waals surface area contributed by atoms with E-state index in [4.69, 9.17) is 4.98 Å². The zero-order valence-corrected chi connectivity index (χ0v) is 14.1. The maximum atomic E-state index is 4.90. The van der Waals surface area contributed by atoms with Crippen molar-refractivity contribution in [2.75, 3.05) is 0 Å². The van der Waals surface area contributed by atoms with Crippen LogP contribution in [0, 0.1) is 13.8 Å². The summed E-state index contributed by atoms with van der Waals surface area (Å²) in [5.74, 6) is 0. The van der Waals surface area contributed by atoms with E-state index in [1.165, 1.54) is 27.6 Å². The highest BCUT2D eigenvalue weighted by Crippen LogP contribution is 2.33. The minimum Gasteiger partial charge on any atom is -0.256 e. The molecule has 0 saturated heterocycles. The van der Waals surface area contributed by atoms with Gasteiger partial charge in [0.05, 0.1) is 16.9 Å². The Labute approximate surface area is 138 Å². The lowest BCUT2D eigenvalue weighted by atomic mass is 10.0. The maximum Gasteiger partial charge on any atom is 0.0720 e. The number of allylic oxidation sites excluding steroid dienone is 1. The lowest BCUT2D eigenvalue weighted by molar-refractivity contribution is 1.16. The number of aryl methyl sites for hydroxylation is 2. The molecule has 0 aliphatic heterocycles. The summed E-state index contributed by atoms with van der Waals surface area (Å²) in [7, 11) is 0. The monoisotopic (exact) mass is 350 g/mol. The Morgan fingerprint density at radius 2 is 1.95 bits per heavy atom. The Hall–Kier alpha value is -2.00. The Bertz CT molecular complexity index is 942.